The summed E-state index contributed by atoms with van der Waals surface area (Å²) in [6.07, 6.45) is 7.72. The summed E-state index contributed by atoms with van der Waals surface area (Å²) in [6.45, 7) is 4.93. The molecule has 0 aromatic carbocycles. The Morgan fingerprint density at radius 3 is 3.06 bits per heavy atom. The zero-order chi connectivity index (χ0) is 11.3. The molecule has 5 atom stereocenters. The van der Waals surface area contributed by atoms with Crippen molar-refractivity contribution >= 4 is 0 Å². The van der Waals surface area contributed by atoms with Crippen molar-refractivity contribution < 1.29 is 9.84 Å². The number of aliphatic hydroxyl groups excluding tert-OH is 1. The molecule has 0 radical (unpaired) electrons. The van der Waals surface area contributed by atoms with Crippen LogP contribution in [-0.2, 0) is 4.74 Å². The van der Waals surface area contributed by atoms with Gasteiger partial charge in [-0.15, -0.1) is 0 Å². The highest BCUT2D eigenvalue weighted by Gasteiger charge is 2.56. The maximum absolute atomic E-state index is 9.22. The summed E-state index contributed by atoms with van der Waals surface area (Å²) in [5.74, 6) is 1.41. The predicted octanol–water partition coefficient (Wildman–Crippen LogP) is 2.52. The van der Waals surface area contributed by atoms with Crippen LogP contribution in [0.2, 0.25) is 0 Å². The first kappa shape index (κ1) is 10.8. The van der Waals surface area contributed by atoms with E-state index in [1.807, 2.05) is 0 Å². The molecule has 3 aliphatic rings. The fourth-order valence-electron chi connectivity index (χ4n) is 4.44. The molecular weight excluding hydrogens is 200 g/mol. The Kier molecular flexibility index (Phi) is 2.41. The molecule has 1 heterocycles. The van der Waals surface area contributed by atoms with Crippen LogP contribution in [0.3, 0.4) is 0 Å². The van der Waals surface area contributed by atoms with Crippen molar-refractivity contribution in [1.29, 1.82) is 0 Å². The third-order valence-corrected chi connectivity index (χ3v) is 5.35. The van der Waals surface area contributed by atoms with Crippen molar-refractivity contribution in [2.24, 2.45) is 17.3 Å². The molecule has 1 saturated carbocycles. The van der Waals surface area contributed by atoms with E-state index in [0.29, 0.717) is 17.4 Å². The van der Waals surface area contributed by atoms with Crippen molar-refractivity contribution in [2.75, 3.05) is 6.61 Å². The number of aliphatic hydroxyl groups is 1. The maximum Gasteiger partial charge on any atom is 0.0813 e. The van der Waals surface area contributed by atoms with E-state index < -0.39 is 0 Å². The van der Waals surface area contributed by atoms with E-state index in [1.165, 1.54) is 19.3 Å². The van der Waals surface area contributed by atoms with Gasteiger partial charge in [0.1, 0.15) is 0 Å². The largest absolute Gasteiger partial charge is 0.394 e. The Balaban J connectivity index is 1.87. The molecule has 0 unspecified atom stereocenters. The molecule has 1 N–H and O–H groups in total. The minimum atomic E-state index is 0.110. The molecular formula is C14H22O2. The summed E-state index contributed by atoms with van der Waals surface area (Å²) < 4.78 is 5.96. The van der Waals surface area contributed by atoms with Gasteiger partial charge in [0.05, 0.1) is 18.8 Å². The molecule has 1 saturated heterocycles. The smallest absolute Gasteiger partial charge is 0.0813 e. The van der Waals surface area contributed by atoms with Crippen molar-refractivity contribution in [3.05, 3.63) is 11.6 Å². The van der Waals surface area contributed by atoms with E-state index >= 15 is 0 Å². The SMILES string of the molecule is CC1=CCC[C@@]2(C)[C@@H]1C[C@H]1O[C@@H](CO)C[C@@H]12. The lowest BCUT2D eigenvalue weighted by atomic mass is 9.64. The normalized spacial score (nSPS) is 51.1. The summed E-state index contributed by atoms with van der Waals surface area (Å²) in [5.41, 5.74) is 2.01. The van der Waals surface area contributed by atoms with Gasteiger partial charge in [-0.05, 0) is 49.9 Å². The lowest BCUT2D eigenvalue weighted by Crippen LogP contribution is -2.32. The van der Waals surface area contributed by atoms with Crippen molar-refractivity contribution in [1.82, 2.24) is 0 Å². The van der Waals surface area contributed by atoms with Crippen LogP contribution in [0.25, 0.3) is 0 Å². The zero-order valence-corrected chi connectivity index (χ0v) is 10.3. The van der Waals surface area contributed by atoms with Crippen molar-refractivity contribution in [3.63, 3.8) is 0 Å². The van der Waals surface area contributed by atoms with Crippen LogP contribution in [0.5, 0.6) is 0 Å². The van der Waals surface area contributed by atoms with Gasteiger partial charge in [-0.3, -0.25) is 0 Å². The van der Waals surface area contributed by atoms with Gasteiger partial charge in [-0.2, -0.15) is 0 Å². The number of hydrogen-bond donors (Lipinski definition) is 1. The second-order valence-corrected chi connectivity index (χ2v) is 6.10. The highest BCUT2D eigenvalue weighted by molar-refractivity contribution is 5.20. The zero-order valence-electron chi connectivity index (χ0n) is 10.3. The van der Waals surface area contributed by atoms with E-state index in [9.17, 15) is 5.11 Å². The van der Waals surface area contributed by atoms with E-state index in [4.69, 9.17) is 4.74 Å². The second kappa shape index (κ2) is 3.58. The van der Waals surface area contributed by atoms with Crippen LogP contribution in [0.4, 0.5) is 0 Å². The van der Waals surface area contributed by atoms with Crippen molar-refractivity contribution in [2.45, 2.75) is 51.7 Å². The van der Waals surface area contributed by atoms with E-state index in [1.54, 1.807) is 5.57 Å². The maximum atomic E-state index is 9.22. The first-order chi connectivity index (χ1) is 7.65. The topological polar surface area (TPSA) is 29.5 Å². The average molecular weight is 222 g/mol. The third-order valence-electron chi connectivity index (χ3n) is 5.35. The van der Waals surface area contributed by atoms with Gasteiger partial charge in [0.25, 0.3) is 0 Å². The summed E-state index contributed by atoms with van der Waals surface area (Å²) in [7, 11) is 0. The molecule has 0 spiro atoms. The van der Waals surface area contributed by atoms with E-state index in [2.05, 4.69) is 19.9 Å². The average Bonchev–Trinajstić information content (AvgIpc) is 2.77. The summed E-state index contributed by atoms with van der Waals surface area (Å²) in [4.78, 5) is 0. The highest BCUT2D eigenvalue weighted by Crippen LogP contribution is 2.60. The molecule has 3 rings (SSSR count). The highest BCUT2D eigenvalue weighted by atomic mass is 16.5. The van der Waals surface area contributed by atoms with Gasteiger partial charge in [0.2, 0.25) is 0 Å². The fourth-order valence-corrected chi connectivity index (χ4v) is 4.44. The van der Waals surface area contributed by atoms with Gasteiger partial charge >= 0.3 is 0 Å². The van der Waals surface area contributed by atoms with E-state index in [-0.39, 0.29) is 12.7 Å². The standard InChI is InChI=1S/C14H22O2/c1-9-4-3-5-14(2)11(9)7-13-12(14)6-10(8-15)16-13/h4,10-13,15H,3,5-8H2,1-2H3/t10-,11-,12+,13-,14+/m1/s1. The number of fused-ring (bicyclic) bond motifs is 3. The first-order valence-electron chi connectivity index (χ1n) is 6.58. The minimum Gasteiger partial charge on any atom is -0.394 e. The van der Waals surface area contributed by atoms with Gasteiger partial charge in [-0.1, -0.05) is 18.6 Å². The Hall–Kier alpha value is -0.340. The molecule has 0 aromatic rings. The van der Waals surface area contributed by atoms with Crippen molar-refractivity contribution in [3.8, 4) is 0 Å². The van der Waals surface area contributed by atoms with Gasteiger partial charge < -0.3 is 9.84 Å². The van der Waals surface area contributed by atoms with Crippen LogP contribution in [0.15, 0.2) is 11.6 Å². The monoisotopic (exact) mass is 222 g/mol. The Morgan fingerprint density at radius 2 is 2.31 bits per heavy atom. The Morgan fingerprint density at radius 1 is 1.50 bits per heavy atom. The van der Waals surface area contributed by atoms with Crippen LogP contribution in [0.1, 0.15) is 39.5 Å². The number of ether oxygens (including phenoxy) is 1. The van der Waals surface area contributed by atoms with Crippen LogP contribution >= 0.6 is 0 Å². The second-order valence-electron chi connectivity index (χ2n) is 6.10. The molecule has 0 bridgehead atoms. The van der Waals surface area contributed by atoms with Gasteiger partial charge in [0, 0.05) is 0 Å². The summed E-state index contributed by atoms with van der Waals surface area (Å²) in [6, 6.07) is 0. The van der Waals surface area contributed by atoms with E-state index in [0.717, 1.165) is 12.3 Å². The number of hydrogen-bond acceptors (Lipinski definition) is 2. The van der Waals surface area contributed by atoms with Crippen LogP contribution in [0, 0.1) is 17.3 Å². The number of rotatable bonds is 1. The molecule has 16 heavy (non-hydrogen) atoms. The van der Waals surface area contributed by atoms with Crippen LogP contribution in [-0.4, -0.2) is 23.9 Å². The molecule has 2 nitrogen and oxygen atoms in total. The first-order valence-corrected chi connectivity index (χ1v) is 6.58. The molecule has 0 amide bonds. The Bertz CT molecular complexity index is 323. The lowest BCUT2D eigenvalue weighted by molar-refractivity contribution is 0.00722. The molecule has 2 aliphatic carbocycles. The predicted molar refractivity (Wildman–Crippen MR) is 63.1 cm³/mol. The molecule has 2 fully saturated rings. The number of allylic oxidation sites excluding steroid dienone is 2. The fraction of sp³-hybridized carbons (Fsp3) is 0.857. The lowest BCUT2D eigenvalue weighted by Gasteiger charge is -2.39. The molecule has 1 aliphatic heterocycles. The quantitative estimate of drug-likeness (QED) is 0.691. The Labute approximate surface area is 97.7 Å². The minimum absolute atomic E-state index is 0.110. The molecule has 0 aromatic heterocycles. The summed E-state index contributed by atoms with van der Waals surface area (Å²) in [5, 5.41) is 9.22. The molecule has 90 valence electrons. The third kappa shape index (κ3) is 1.32. The summed E-state index contributed by atoms with van der Waals surface area (Å²) >= 11 is 0. The van der Waals surface area contributed by atoms with Crippen LogP contribution < -0.4 is 0 Å². The van der Waals surface area contributed by atoms with Gasteiger partial charge in [0.15, 0.2) is 0 Å². The molecule has 2 heteroatoms. The van der Waals surface area contributed by atoms with Gasteiger partial charge in [-0.25, -0.2) is 0 Å².